The Labute approximate surface area is 100 Å². The molecule has 3 rings (SSSR count). The van der Waals surface area contributed by atoms with Crippen LogP contribution < -0.4 is 11.1 Å². The van der Waals surface area contributed by atoms with Crippen molar-refractivity contribution in [2.75, 3.05) is 13.1 Å². The van der Waals surface area contributed by atoms with Crippen molar-refractivity contribution in [1.29, 1.82) is 0 Å². The first kappa shape index (κ1) is 10.7. The molecule has 3 atom stereocenters. The standard InChI is InChI=1S/C13H16N2O2/c14-11-10-6-15-8-13(10,11)12(16)17-7-9-4-2-1-3-5-9/h1-5,10-11,15H,6-8,14H2. The average molecular weight is 232 g/mol. The van der Waals surface area contributed by atoms with Crippen molar-refractivity contribution in [3.8, 4) is 0 Å². The minimum atomic E-state index is -0.436. The molecular weight excluding hydrogens is 216 g/mol. The summed E-state index contributed by atoms with van der Waals surface area (Å²) in [5, 5.41) is 3.19. The monoisotopic (exact) mass is 232 g/mol. The van der Waals surface area contributed by atoms with Crippen molar-refractivity contribution < 1.29 is 9.53 Å². The first-order valence-corrected chi connectivity index (χ1v) is 5.92. The molecule has 3 unspecified atom stereocenters. The fraction of sp³-hybridized carbons (Fsp3) is 0.462. The quantitative estimate of drug-likeness (QED) is 0.735. The largest absolute Gasteiger partial charge is 0.460 e. The average Bonchev–Trinajstić information content (AvgIpc) is 2.78. The number of ether oxygens (including phenoxy) is 1. The van der Waals surface area contributed by atoms with Crippen LogP contribution in [0.2, 0.25) is 0 Å². The van der Waals surface area contributed by atoms with Crippen LogP contribution in [0, 0.1) is 11.3 Å². The summed E-state index contributed by atoms with van der Waals surface area (Å²) in [7, 11) is 0. The van der Waals surface area contributed by atoms with Crippen LogP contribution >= 0.6 is 0 Å². The van der Waals surface area contributed by atoms with Gasteiger partial charge in [0.2, 0.25) is 0 Å². The van der Waals surface area contributed by atoms with E-state index in [9.17, 15) is 4.79 Å². The lowest BCUT2D eigenvalue weighted by Crippen LogP contribution is -2.33. The van der Waals surface area contributed by atoms with E-state index in [1.165, 1.54) is 0 Å². The van der Waals surface area contributed by atoms with Gasteiger partial charge in [-0.3, -0.25) is 4.79 Å². The van der Waals surface area contributed by atoms with Gasteiger partial charge in [-0.25, -0.2) is 0 Å². The van der Waals surface area contributed by atoms with Gasteiger partial charge in [0.15, 0.2) is 0 Å². The van der Waals surface area contributed by atoms with Crippen LogP contribution in [0.1, 0.15) is 5.56 Å². The van der Waals surface area contributed by atoms with Crippen LogP contribution in [0.4, 0.5) is 0 Å². The van der Waals surface area contributed by atoms with Gasteiger partial charge in [-0.15, -0.1) is 0 Å². The molecule has 1 aromatic carbocycles. The van der Waals surface area contributed by atoms with E-state index >= 15 is 0 Å². The lowest BCUT2D eigenvalue weighted by molar-refractivity contribution is -0.151. The Kier molecular flexibility index (Phi) is 2.42. The summed E-state index contributed by atoms with van der Waals surface area (Å²) in [5.41, 5.74) is 6.51. The molecule has 1 aliphatic carbocycles. The lowest BCUT2D eigenvalue weighted by Gasteiger charge is -2.12. The Balaban J connectivity index is 1.62. The third-order valence-electron chi connectivity index (χ3n) is 3.96. The molecule has 4 heteroatoms. The molecule has 90 valence electrons. The van der Waals surface area contributed by atoms with Crippen LogP contribution in [-0.2, 0) is 16.1 Å². The van der Waals surface area contributed by atoms with Gasteiger partial charge in [-0.1, -0.05) is 30.3 Å². The molecule has 0 radical (unpaired) electrons. The van der Waals surface area contributed by atoms with E-state index in [4.69, 9.17) is 10.5 Å². The number of carbonyl (C=O) groups is 1. The Bertz CT molecular complexity index is 434. The maximum absolute atomic E-state index is 12.1. The zero-order valence-corrected chi connectivity index (χ0v) is 9.56. The van der Waals surface area contributed by atoms with Crippen molar-refractivity contribution in [1.82, 2.24) is 5.32 Å². The molecule has 0 aromatic heterocycles. The Morgan fingerprint density at radius 3 is 2.88 bits per heavy atom. The Morgan fingerprint density at radius 1 is 1.47 bits per heavy atom. The van der Waals surface area contributed by atoms with Crippen molar-refractivity contribution in [3.05, 3.63) is 35.9 Å². The molecular formula is C13H16N2O2. The number of carbonyl (C=O) groups excluding carboxylic acids is 1. The highest BCUT2D eigenvalue weighted by Gasteiger charge is 2.71. The van der Waals surface area contributed by atoms with Gasteiger partial charge >= 0.3 is 5.97 Å². The number of fused-ring (bicyclic) bond motifs is 1. The third kappa shape index (κ3) is 1.56. The maximum atomic E-state index is 12.1. The molecule has 17 heavy (non-hydrogen) atoms. The van der Waals surface area contributed by atoms with Crippen molar-refractivity contribution >= 4 is 5.97 Å². The van der Waals surface area contributed by atoms with E-state index in [2.05, 4.69) is 5.32 Å². The molecule has 0 spiro atoms. The molecule has 2 fully saturated rings. The van der Waals surface area contributed by atoms with E-state index in [-0.39, 0.29) is 17.9 Å². The molecule has 0 bridgehead atoms. The number of hydrogen-bond donors (Lipinski definition) is 2. The molecule has 1 aromatic rings. The maximum Gasteiger partial charge on any atom is 0.315 e. The second-order valence-electron chi connectivity index (χ2n) is 4.87. The smallest absolute Gasteiger partial charge is 0.315 e. The summed E-state index contributed by atoms with van der Waals surface area (Å²) < 4.78 is 5.37. The van der Waals surface area contributed by atoms with E-state index in [0.717, 1.165) is 12.1 Å². The summed E-state index contributed by atoms with van der Waals surface area (Å²) >= 11 is 0. The van der Waals surface area contributed by atoms with Gasteiger partial charge in [0.1, 0.15) is 12.0 Å². The normalized spacial score (nSPS) is 34.2. The number of hydrogen-bond acceptors (Lipinski definition) is 4. The third-order valence-corrected chi connectivity index (χ3v) is 3.96. The number of rotatable bonds is 3. The molecule has 4 nitrogen and oxygen atoms in total. The number of esters is 1. The van der Waals surface area contributed by atoms with Gasteiger partial charge in [0.25, 0.3) is 0 Å². The number of piperidine rings is 1. The van der Waals surface area contributed by atoms with Crippen molar-refractivity contribution in [3.63, 3.8) is 0 Å². The highest BCUT2D eigenvalue weighted by molar-refractivity contribution is 5.83. The number of benzene rings is 1. The molecule has 1 aliphatic heterocycles. The highest BCUT2D eigenvalue weighted by atomic mass is 16.5. The van der Waals surface area contributed by atoms with E-state index in [0.29, 0.717) is 13.2 Å². The second kappa shape index (κ2) is 3.82. The summed E-state index contributed by atoms with van der Waals surface area (Å²) in [6.07, 6.45) is 0. The molecule has 1 saturated heterocycles. The second-order valence-corrected chi connectivity index (χ2v) is 4.87. The molecule has 2 aliphatic rings. The lowest BCUT2D eigenvalue weighted by atomic mass is 10.1. The van der Waals surface area contributed by atoms with Crippen LogP contribution in [-0.4, -0.2) is 25.1 Å². The van der Waals surface area contributed by atoms with Gasteiger partial charge in [0.05, 0.1) is 0 Å². The zero-order chi connectivity index (χ0) is 11.9. The Hall–Kier alpha value is -1.39. The molecule has 0 amide bonds. The van der Waals surface area contributed by atoms with Crippen LogP contribution in [0.25, 0.3) is 0 Å². The fourth-order valence-electron chi connectivity index (χ4n) is 2.76. The van der Waals surface area contributed by atoms with E-state index < -0.39 is 5.41 Å². The Morgan fingerprint density at radius 2 is 2.24 bits per heavy atom. The number of nitrogens with one attached hydrogen (secondary N) is 1. The molecule has 3 N–H and O–H groups in total. The zero-order valence-electron chi connectivity index (χ0n) is 9.56. The summed E-state index contributed by atoms with van der Waals surface area (Å²) in [4.78, 5) is 12.1. The van der Waals surface area contributed by atoms with Crippen molar-refractivity contribution in [2.24, 2.45) is 17.1 Å². The predicted molar refractivity (Wildman–Crippen MR) is 63.0 cm³/mol. The summed E-state index contributed by atoms with van der Waals surface area (Å²) in [5.74, 6) is 0.120. The van der Waals surface area contributed by atoms with Gasteiger partial charge in [-0.05, 0) is 5.56 Å². The molecule has 1 heterocycles. The predicted octanol–water partition coefficient (Wildman–Crippen LogP) is 0.277. The summed E-state index contributed by atoms with van der Waals surface area (Å²) in [6.45, 7) is 1.83. The van der Waals surface area contributed by atoms with Gasteiger partial charge in [-0.2, -0.15) is 0 Å². The van der Waals surface area contributed by atoms with Gasteiger partial charge in [0, 0.05) is 25.0 Å². The summed E-state index contributed by atoms with van der Waals surface area (Å²) in [6, 6.07) is 9.68. The van der Waals surface area contributed by atoms with Crippen LogP contribution in [0.15, 0.2) is 30.3 Å². The SMILES string of the molecule is NC1C2CNCC12C(=O)OCc1ccccc1. The number of nitrogens with two attached hydrogens (primary N) is 1. The minimum Gasteiger partial charge on any atom is -0.460 e. The van der Waals surface area contributed by atoms with Crippen LogP contribution in [0.5, 0.6) is 0 Å². The fourth-order valence-corrected chi connectivity index (χ4v) is 2.76. The van der Waals surface area contributed by atoms with Gasteiger partial charge < -0.3 is 15.8 Å². The first-order chi connectivity index (χ1) is 8.25. The topological polar surface area (TPSA) is 64.3 Å². The first-order valence-electron chi connectivity index (χ1n) is 5.92. The van der Waals surface area contributed by atoms with E-state index in [1.807, 2.05) is 30.3 Å². The molecule has 1 saturated carbocycles. The van der Waals surface area contributed by atoms with E-state index in [1.54, 1.807) is 0 Å². The van der Waals surface area contributed by atoms with Crippen molar-refractivity contribution in [2.45, 2.75) is 12.6 Å². The minimum absolute atomic E-state index is 0.0213. The highest BCUT2D eigenvalue weighted by Crippen LogP contribution is 2.54. The van der Waals surface area contributed by atoms with Crippen LogP contribution in [0.3, 0.4) is 0 Å².